The summed E-state index contributed by atoms with van der Waals surface area (Å²) >= 11 is 0. The monoisotopic (exact) mass is 816 g/mol. The van der Waals surface area contributed by atoms with Gasteiger partial charge in [0.2, 0.25) is 11.5 Å². The number of aromatic amines is 1. The molecule has 2 saturated heterocycles. The Kier molecular flexibility index (Phi) is 9.40. The molecule has 318 valence electrons. The second-order valence-corrected chi connectivity index (χ2v) is 18.4. The molecule has 0 amide bonds. The van der Waals surface area contributed by atoms with Crippen molar-refractivity contribution in [3.8, 4) is 5.75 Å². The number of anilines is 1. The number of piperidine rings is 1. The SMILES string of the molecule is CCc1ccc2[nH]c3c(c2c1)CCN1CC(C(C)(F)F)C[C@@H](C1)C[C@]3(C(=O)OC)c1cc2c(cc1OC)N(C)[C@H]1[C@@](O)(C(=O)OC)[C@H](O)[C@]3(CC)C=CCN4CC[C@]21[C@@H]43. The number of halogens is 2. The normalized spacial score (nSPS) is 36.2. The van der Waals surface area contributed by atoms with Gasteiger partial charge in [-0.25, -0.2) is 13.6 Å². The van der Waals surface area contributed by atoms with E-state index in [4.69, 9.17) is 14.2 Å². The third-order valence-corrected chi connectivity index (χ3v) is 15.9. The summed E-state index contributed by atoms with van der Waals surface area (Å²) in [5.41, 5.74) is -0.155. The van der Waals surface area contributed by atoms with E-state index < -0.39 is 57.8 Å². The third-order valence-electron chi connectivity index (χ3n) is 15.9. The highest BCUT2D eigenvalue weighted by Gasteiger charge is 2.79. The first-order valence-corrected chi connectivity index (χ1v) is 21.3. The summed E-state index contributed by atoms with van der Waals surface area (Å²) in [4.78, 5) is 39.5. The average molecular weight is 817 g/mol. The highest BCUT2D eigenvalue weighted by Crippen LogP contribution is 2.67. The van der Waals surface area contributed by atoms with Crippen LogP contribution in [0.4, 0.5) is 14.5 Å². The van der Waals surface area contributed by atoms with E-state index in [9.17, 15) is 15.0 Å². The number of hydrogen-bond donors (Lipinski definition) is 3. The van der Waals surface area contributed by atoms with Crippen LogP contribution in [0.25, 0.3) is 10.9 Å². The summed E-state index contributed by atoms with van der Waals surface area (Å²) in [5, 5.41) is 26.4. The number of alkyl halides is 2. The maximum Gasteiger partial charge on any atom is 0.342 e. The van der Waals surface area contributed by atoms with E-state index in [1.807, 2.05) is 43.2 Å². The molecule has 3 aromatic rings. The molecule has 2 unspecified atom stereocenters. The van der Waals surface area contributed by atoms with Crippen LogP contribution in [0.2, 0.25) is 0 Å². The number of methoxy groups -OCH3 is 3. The van der Waals surface area contributed by atoms with Crippen LogP contribution in [-0.4, -0.2) is 128 Å². The number of nitrogens with zero attached hydrogens (tertiary/aromatic N) is 3. The standard InChI is InChI=1S/C46H58F2N4O7/c1-8-26-11-12-33-30(20-26)29-13-17-51-24-27(19-28(25-51)42(3,47)48)23-45(36(29)49-33,40(54)58-6)32-21-31-34(22-35(32)57-5)50(4)38-44(31)15-18-52-16-10-14-43(9-2,37(44)52)39(53)46(38,56)41(55)59-7/h10-12,14,20-22,27-28,37-39,49,53,56H,8-9,13,15-19,23-25H2,1-7H3/t27-,28?,37+,38-,39-,43-,44-,45+,46+/m1/s1. The number of H-pyrrole nitrogens is 1. The number of likely N-dealkylation sites (N-methyl/N-ethyl adjacent to an activating group) is 1. The minimum Gasteiger partial charge on any atom is -0.496 e. The van der Waals surface area contributed by atoms with Crippen LogP contribution in [0.1, 0.15) is 74.4 Å². The molecule has 10 atom stereocenters. The molecular formula is C46H58F2N4O7. The Morgan fingerprint density at radius 3 is 2.46 bits per heavy atom. The molecule has 1 spiro atoms. The fourth-order valence-corrected chi connectivity index (χ4v) is 13.4. The van der Waals surface area contributed by atoms with Crippen molar-refractivity contribution in [2.45, 2.75) is 99.8 Å². The van der Waals surface area contributed by atoms with Crippen LogP contribution >= 0.6 is 0 Å². The van der Waals surface area contributed by atoms with E-state index >= 15 is 13.6 Å². The Balaban J connectivity index is 1.36. The summed E-state index contributed by atoms with van der Waals surface area (Å²) < 4.78 is 48.3. The first kappa shape index (κ1) is 40.4. The van der Waals surface area contributed by atoms with Crippen molar-refractivity contribution in [2.75, 3.05) is 66.0 Å². The number of nitrogens with one attached hydrogen (secondary N) is 1. The topological polar surface area (TPSA) is 128 Å². The number of aryl methyl sites for hydroxylation is 1. The molecule has 6 heterocycles. The Bertz CT molecular complexity index is 2240. The van der Waals surface area contributed by atoms with Crippen LogP contribution in [0.15, 0.2) is 42.5 Å². The molecular weight excluding hydrogens is 759 g/mol. The van der Waals surface area contributed by atoms with Gasteiger partial charge in [-0.15, -0.1) is 0 Å². The summed E-state index contributed by atoms with van der Waals surface area (Å²) in [7, 11) is 6.00. The molecule has 3 N–H and O–H groups in total. The van der Waals surface area contributed by atoms with Gasteiger partial charge in [-0.3, -0.25) is 9.69 Å². The Hall–Kier alpha value is -4.04. The zero-order valence-corrected chi connectivity index (χ0v) is 35.2. The number of esters is 2. The molecule has 1 aliphatic carbocycles. The van der Waals surface area contributed by atoms with Gasteiger partial charge in [0.05, 0.1) is 27.4 Å². The number of benzene rings is 2. The van der Waals surface area contributed by atoms with Crippen molar-refractivity contribution in [1.29, 1.82) is 0 Å². The smallest absolute Gasteiger partial charge is 0.342 e. The van der Waals surface area contributed by atoms with Crippen LogP contribution in [-0.2, 0) is 42.7 Å². The van der Waals surface area contributed by atoms with Gasteiger partial charge in [0.1, 0.15) is 17.3 Å². The second kappa shape index (κ2) is 13.7. The molecule has 2 bridgehead atoms. The molecule has 9 rings (SSSR count). The number of aromatic nitrogens is 1. The maximum atomic E-state index is 15.4. The molecule has 2 aromatic carbocycles. The minimum atomic E-state index is -2.92. The molecule has 6 aliphatic rings. The predicted molar refractivity (Wildman–Crippen MR) is 219 cm³/mol. The van der Waals surface area contributed by atoms with Crippen molar-refractivity contribution in [1.82, 2.24) is 14.8 Å². The van der Waals surface area contributed by atoms with E-state index in [0.717, 1.165) is 40.9 Å². The molecule has 59 heavy (non-hydrogen) atoms. The quantitative estimate of drug-likeness (QED) is 0.219. The van der Waals surface area contributed by atoms with Gasteiger partial charge < -0.3 is 39.2 Å². The number of carbonyl (C=O) groups excluding carboxylic acids is 2. The lowest BCUT2D eigenvalue weighted by molar-refractivity contribution is -0.218. The summed E-state index contributed by atoms with van der Waals surface area (Å²) in [6.45, 7) is 7.72. The number of rotatable bonds is 7. The maximum absolute atomic E-state index is 15.4. The van der Waals surface area contributed by atoms with Crippen LogP contribution in [0.3, 0.4) is 0 Å². The van der Waals surface area contributed by atoms with E-state index in [0.29, 0.717) is 68.1 Å². The minimum absolute atomic E-state index is 0.173. The van der Waals surface area contributed by atoms with Gasteiger partial charge in [0, 0.05) is 89.9 Å². The van der Waals surface area contributed by atoms with Crippen molar-refractivity contribution < 1.29 is 42.8 Å². The molecule has 5 aliphatic heterocycles. The second-order valence-electron chi connectivity index (χ2n) is 18.4. The molecule has 11 nitrogen and oxygen atoms in total. The van der Waals surface area contributed by atoms with Crippen LogP contribution in [0, 0.1) is 17.3 Å². The number of aliphatic hydroxyl groups excluding tert-OH is 1. The molecule has 0 radical (unpaired) electrons. The zero-order valence-electron chi connectivity index (χ0n) is 35.2. The first-order chi connectivity index (χ1) is 28.1. The Morgan fingerprint density at radius 1 is 1.02 bits per heavy atom. The Morgan fingerprint density at radius 2 is 1.78 bits per heavy atom. The molecule has 13 heteroatoms. The van der Waals surface area contributed by atoms with Gasteiger partial charge in [-0.2, -0.15) is 0 Å². The van der Waals surface area contributed by atoms with E-state index in [2.05, 4.69) is 39.9 Å². The lowest BCUT2D eigenvalue weighted by Crippen LogP contribution is -2.80. The highest BCUT2D eigenvalue weighted by molar-refractivity contribution is 5.95. The van der Waals surface area contributed by atoms with Gasteiger partial charge >= 0.3 is 11.9 Å². The van der Waals surface area contributed by atoms with Crippen molar-refractivity contribution >= 4 is 28.5 Å². The lowest BCUT2D eigenvalue weighted by atomic mass is 9.47. The largest absolute Gasteiger partial charge is 0.496 e. The summed E-state index contributed by atoms with van der Waals surface area (Å²) in [6.07, 6.45) is 5.23. The van der Waals surface area contributed by atoms with Crippen molar-refractivity contribution in [2.24, 2.45) is 17.3 Å². The van der Waals surface area contributed by atoms with Crippen LogP contribution < -0.4 is 9.64 Å². The van der Waals surface area contributed by atoms with E-state index in [1.165, 1.54) is 14.2 Å². The predicted octanol–water partition coefficient (Wildman–Crippen LogP) is 5.11. The van der Waals surface area contributed by atoms with E-state index in [1.54, 1.807) is 7.11 Å². The number of ether oxygens (including phenoxy) is 3. The van der Waals surface area contributed by atoms with Crippen molar-refractivity contribution in [3.63, 3.8) is 0 Å². The molecule has 1 aromatic heterocycles. The van der Waals surface area contributed by atoms with Crippen LogP contribution in [0.5, 0.6) is 5.75 Å². The van der Waals surface area contributed by atoms with Gasteiger partial charge in [0.15, 0.2) is 0 Å². The third kappa shape index (κ3) is 5.23. The number of carbonyl (C=O) groups is 2. The fourth-order valence-electron chi connectivity index (χ4n) is 13.4. The first-order valence-electron chi connectivity index (χ1n) is 21.3. The fraction of sp³-hybridized carbons (Fsp3) is 0.609. The lowest BCUT2D eigenvalue weighted by Gasteiger charge is -2.63. The number of aliphatic hydroxyl groups is 2. The molecule has 3 fully saturated rings. The zero-order chi connectivity index (χ0) is 42.0. The molecule has 1 saturated carbocycles. The average Bonchev–Trinajstić information content (AvgIpc) is 3.89. The van der Waals surface area contributed by atoms with E-state index in [-0.39, 0.29) is 31.3 Å². The van der Waals surface area contributed by atoms with Crippen molar-refractivity contribution in [3.05, 3.63) is 70.4 Å². The van der Waals surface area contributed by atoms with Gasteiger partial charge in [-0.1, -0.05) is 32.1 Å². The van der Waals surface area contributed by atoms with Gasteiger partial charge in [0.25, 0.3) is 0 Å². The Labute approximate surface area is 344 Å². The summed E-state index contributed by atoms with van der Waals surface area (Å²) in [6, 6.07) is 8.96. The van der Waals surface area contributed by atoms with Gasteiger partial charge in [-0.05, 0) is 92.8 Å². The number of hydrogen-bond acceptors (Lipinski definition) is 10. The highest BCUT2D eigenvalue weighted by atomic mass is 19.3. The number of fused-ring (bicyclic) bond motifs is 6. The summed E-state index contributed by atoms with van der Waals surface area (Å²) in [5.74, 6) is -5.19.